The van der Waals surface area contributed by atoms with Gasteiger partial charge in [-0.15, -0.1) is 0 Å². The Hall–Kier alpha value is -2.59. The van der Waals surface area contributed by atoms with Crippen LogP contribution in [0.5, 0.6) is 5.75 Å². The smallest absolute Gasteiger partial charge is 0.138 e. The molecule has 1 N–H and O–H groups in total. The fourth-order valence-electron chi connectivity index (χ4n) is 2.50. The summed E-state index contributed by atoms with van der Waals surface area (Å²) in [5.41, 5.74) is 2.23. The Balaban J connectivity index is 1.66. The van der Waals surface area contributed by atoms with Crippen LogP contribution in [0.4, 0.5) is 10.1 Å². The van der Waals surface area contributed by atoms with Crippen molar-refractivity contribution in [2.24, 2.45) is 0 Å². The maximum atomic E-state index is 13.9. The number of hydrogen-bond donors (Lipinski definition) is 1. The highest BCUT2D eigenvalue weighted by Crippen LogP contribution is 2.30. The molecule has 0 saturated heterocycles. The molecule has 0 fully saturated rings. The van der Waals surface area contributed by atoms with Gasteiger partial charge in [0.15, 0.2) is 0 Å². The van der Waals surface area contributed by atoms with Crippen LogP contribution in [0.3, 0.4) is 0 Å². The van der Waals surface area contributed by atoms with Crippen molar-refractivity contribution in [3.63, 3.8) is 0 Å². The highest BCUT2D eigenvalue weighted by molar-refractivity contribution is 6.32. The average molecular weight is 357 g/mol. The van der Waals surface area contributed by atoms with Gasteiger partial charge in [-0.25, -0.2) is 4.39 Å². The molecule has 0 radical (unpaired) electrons. The van der Waals surface area contributed by atoms with E-state index >= 15 is 0 Å². The number of aromatic nitrogens is 1. The Kier molecular flexibility index (Phi) is 5.51. The van der Waals surface area contributed by atoms with Gasteiger partial charge in [-0.3, -0.25) is 4.98 Å². The van der Waals surface area contributed by atoms with Crippen LogP contribution in [-0.4, -0.2) is 4.98 Å². The molecule has 0 spiro atoms. The van der Waals surface area contributed by atoms with E-state index in [1.54, 1.807) is 30.5 Å². The Morgan fingerprint density at radius 1 is 1.12 bits per heavy atom. The van der Waals surface area contributed by atoms with Gasteiger partial charge in [0, 0.05) is 17.4 Å². The van der Waals surface area contributed by atoms with E-state index in [1.807, 2.05) is 37.3 Å². The zero-order valence-corrected chi connectivity index (χ0v) is 14.5. The summed E-state index contributed by atoms with van der Waals surface area (Å²) in [5.74, 6) is 0.348. The zero-order chi connectivity index (χ0) is 17.6. The number of nitrogens with zero attached hydrogens (tertiary/aromatic N) is 1. The zero-order valence-electron chi connectivity index (χ0n) is 13.7. The highest BCUT2D eigenvalue weighted by atomic mass is 35.5. The van der Waals surface area contributed by atoms with Crippen molar-refractivity contribution in [2.75, 3.05) is 5.32 Å². The molecule has 0 bridgehead atoms. The predicted octanol–water partition coefficient (Wildman–Crippen LogP) is 5.63. The van der Waals surface area contributed by atoms with Crippen LogP contribution in [0.2, 0.25) is 5.02 Å². The Morgan fingerprint density at radius 3 is 2.64 bits per heavy atom. The molecule has 0 amide bonds. The SMILES string of the molecule is CC(Nc1ccc(OCc2ccccn2)c(Cl)c1)c1ccccc1F. The average Bonchev–Trinajstić information content (AvgIpc) is 2.62. The number of benzene rings is 2. The van der Waals surface area contributed by atoms with Crippen LogP contribution < -0.4 is 10.1 Å². The molecular weight excluding hydrogens is 339 g/mol. The summed E-state index contributed by atoms with van der Waals surface area (Å²) in [7, 11) is 0. The van der Waals surface area contributed by atoms with Gasteiger partial charge in [-0.05, 0) is 43.3 Å². The fraction of sp³-hybridized carbons (Fsp3) is 0.150. The molecule has 128 valence electrons. The molecule has 1 unspecified atom stereocenters. The van der Waals surface area contributed by atoms with Crippen LogP contribution in [0.1, 0.15) is 24.2 Å². The lowest BCUT2D eigenvalue weighted by molar-refractivity contribution is 0.301. The number of ether oxygens (including phenoxy) is 1. The molecule has 25 heavy (non-hydrogen) atoms. The van der Waals surface area contributed by atoms with Crippen molar-refractivity contribution in [1.82, 2.24) is 4.98 Å². The van der Waals surface area contributed by atoms with Crippen molar-refractivity contribution in [3.8, 4) is 5.75 Å². The van der Waals surface area contributed by atoms with Gasteiger partial charge >= 0.3 is 0 Å². The summed E-state index contributed by atoms with van der Waals surface area (Å²) in [5, 5.41) is 3.74. The molecule has 1 atom stereocenters. The number of rotatable bonds is 6. The number of halogens is 2. The fourth-order valence-corrected chi connectivity index (χ4v) is 2.73. The normalized spacial score (nSPS) is 11.8. The molecule has 3 rings (SSSR count). The quantitative estimate of drug-likeness (QED) is 0.621. The van der Waals surface area contributed by atoms with Crippen LogP contribution in [0, 0.1) is 5.82 Å². The molecular formula is C20H18ClFN2O. The first-order valence-corrected chi connectivity index (χ1v) is 8.34. The largest absolute Gasteiger partial charge is 0.486 e. The Labute approximate surface area is 151 Å². The maximum Gasteiger partial charge on any atom is 0.138 e. The molecule has 5 heteroatoms. The maximum absolute atomic E-state index is 13.9. The molecule has 2 aromatic carbocycles. The first-order valence-electron chi connectivity index (χ1n) is 7.96. The summed E-state index contributed by atoms with van der Waals surface area (Å²) in [6.07, 6.45) is 1.72. The number of hydrogen-bond acceptors (Lipinski definition) is 3. The number of anilines is 1. The van der Waals surface area contributed by atoms with Gasteiger partial charge in [0.1, 0.15) is 18.2 Å². The predicted molar refractivity (Wildman–Crippen MR) is 98.5 cm³/mol. The van der Waals surface area contributed by atoms with Gasteiger partial charge in [-0.2, -0.15) is 0 Å². The standard InChI is InChI=1S/C20H18ClFN2O/c1-14(17-7-2-3-8-19(17)22)24-15-9-10-20(18(21)12-15)25-13-16-6-4-5-11-23-16/h2-12,14,24H,13H2,1H3. The van der Waals surface area contributed by atoms with Crippen LogP contribution in [0.25, 0.3) is 0 Å². The first kappa shape index (κ1) is 17.2. The minimum atomic E-state index is -0.232. The lowest BCUT2D eigenvalue weighted by atomic mass is 10.1. The van der Waals surface area contributed by atoms with Gasteiger partial charge in [0.05, 0.1) is 16.8 Å². The van der Waals surface area contributed by atoms with E-state index in [2.05, 4.69) is 10.3 Å². The van der Waals surface area contributed by atoms with Gasteiger partial charge in [0.2, 0.25) is 0 Å². The van der Waals surface area contributed by atoms with Crippen LogP contribution >= 0.6 is 11.6 Å². The molecule has 0 aliphatic carbocycles. The lowest BCUT2D eigenvalue weighted by Gasteiger charge is -2.17. The van der Waals surface area contributed by atoms with Gasteiger partial charge < -0.3 is 10.1 Å². The van der Waals surface area contributed by atoms with E-state index in [0.717, 1.165) is 11.4 Å². The molecule has 1 aromatic heterocycles. The van der Waals surface area contributed by atoms with Crippen molar-refractivity contribution in [2.45, 2.75) is 19.6 Å². The molecule has 0 saturated carbocycles. The molecule has 0 aliphatic heterocycles. The minimum Gasteiger partial charge on any atom is -0.486 e. The van der Waals surface area contributed by atoms with Crippen molar-refractivity contribution in [3.05, 3.63) is 89.0 Å². The summed E-state index contributed by atoms with van der Waals surface area (Å²) >= 11 is 6.30. The lowest BCUT2D eigenvalue weighted by Crippen LogP contribution is -2.08. The minimum absolute atomic E-state index is 0.183. The number of pyridine rings is 1. The van der Waals surface area contributed by atoms with E-state index in [1.165, 1.54) is 6.07 Å². The highest BCUT2D eigenvalue weighted by Gasteiger charge is 2.11. The third kappa shape index (κ3) is 4.48. The van der Waals surface area contributed by atoms with E-state index in [0.29, 0.717) is 22.9 Å². The van der Waals surface area contributed by atoms with E-state index in [9.17, 15) is 4.39 Å². The first-order chi connectivity index (χ1) is 12.1. The summed E-state index contributed by atoms with van der Waals surface area (Å²) < 4.78 is 19.6. The van der Waals surface area contributed by atoms with Crippen molar-refractivity contribution >= 4 is 17.3 Å². The number of nitrogens with one attached hydrogen (secondary N) is 1. The topological polar surface area (TPSA) is 34.1 Å². The van der Waals surface area contributed by atoms with E-state index in [-0.39, 0.29) is 11.9 Å². The summed E-state index contributed by atoms with van der Waals surface area (Å²) in [4.78, 5) is 4.21. The second kappa shape index (κ2) is 7.99. The second-order valence-electron chi connectivity index (χ2n) is 5.64. The van der Waals surface area contributed by atoms with Gasteiger partial charge in [0.25, 0.3) is 0 Å². The Morgan fingerprint density at radius 2 is 1.92 bits per heavy atom. The van der Waals surface area contributed by atoms with E-state index in [4.69, 9.17) is 16.3 Å². The molecule has 1 heterocycles. The molecule has 0 aliphatic rings. The third-order valence-corrected chi connectivity index (χ3v) is 4.08. The summed E-state index contributed by atoms with van der Waals surface area (Å²) in [6, 6.07) is 17.6. The monoisotopic (exact) mass is 356 g/mol. The van der Waals surface area contributed by atoms with Crippen molar-refractivity contribution in [1.29, 1.82) is 0 Å². The molecule has 3 nitrogen and oxygen atoms in total. The van der Waals surface area contributed by atoms with Crippen molar-refractivity contribution < 1.29 is 9.13 Å². The Bertz CT molecular complexity index is 842. The van der Waals surface area contributed by atoms with Gasteiger partial charge in [-0.1, -0.05) is 35.9 Å². The summed E-state index contributed by atoms with van der Waals surface area (Å²) in [6.45, 7) is 2.25. The second-order valence-corrected chi connectivity index (χ2v) is 6.05. The van der Waals surface area contributed by atoms with Crippen LogP contribution in [0.15, 0.2) is 66.9 Å². The van der Waals surface area contributed by atoms with E-state index < -0.39 is 0 Å². The third-order valence-electron chi connectivity index (χ3n) is 3.79. The van der Waals surface area contributed by atoms with Crippen LogP contribution in [-0.2, 0) is 6.61 Å². The molecule has 3 aromatic rings.